The number of likely N-dealkylation sites (N-methyl/N-ethyl adjacent to an activating group) is 1. The number of hydrogen-bond acceptors (Lipinski definition) is 5. The summed E-state index contributed by atoms with van der Waals surface area (Å²) in [6.45, 7) is 4.19. The minimum Gasteiger partial charge on any atom is -0.448 e. The number of carbonyl (C=O) groups excluding carboxylic acids is 1. The zero-order valence-corrected chi connectivity index (χ0v) is 15.2. The first-order chi connectivity index (χ1) is 12.2. The Morgan fingerprint density at radius 2 is 1.96 bits per heavy atom. The Hall–Kier alpha value is -1.40. The molecule has 25 heavy (non-hydrogen) atoms. The molecule has 138 valence electrons. The second kappa shape index (κ2) is 7.08. The van der Waals surface area contributed by atoms with E-state index in [0.717, 1.165) is 58.5 Å². The van der Waals surface area contributed by atoms with Crippen molar-refractivity contribution in [2.24, 2.45) is 0 Å². The van der Waals surface area contributed by atoms with Gasteiger partial charge in [-0.3, -0.25) is 4.79 Å². The maximum absolute atomic E-state index is 13.2. The molecular formula is C19H29N3O3. The van der Waals surface area contributed by atoms with Crippen molar-refractivity contribution < 1.29 is 13.9 Å². The van der Waals surface area contributed by atoms with Crippen LogP contribution in [-0.4, -0.2) is 66.1 Å². The van der Waals surface area contributed by atoms with Crippen LogP contribution in [-0.2, 0) is 4.74 Å². The van der Waals surface area contributed by atoms with Crippen LogP contribution < -0.4 is 0 Å². The molecule has 6 heteroatoms. The van der Waals surface area contributed by atoms with Crippen LogP contribution in [0.4, 0.5) is 0 Å². The Balaban J connectivity index is 1.53. The number of oxazole rings is 1. The van der Waals surface area contributed by atoms with Gasteiger partial charge in [0.1, 0.15) is 6.26 Å². The topological polar surface area (TPSA) is 58.8 Å². The van der Waals surface area contributed by atoms with Gasteiger partial charge in [0.15, 0.2) is 11.6 Å². The Labute approximate surface area is 149 Å². The standard InChI is InChI=1S/C19H29N3O3/c1-21-9-10-22(19(14-21)7-3-2-4-8-19)18(23)16-13-25-17(20-16)15-5-11-24-12-6-15/h13,15H,2-12,14H2,1H3. The summed E-state index contributed by atoms with van der Waals surface area (Å²) in [6.07, 6.45) is 9.33. The molecule has 0 bridgehead atoms. The summed E-state index contributed by atoms with van der Waals surface area (Å²) in [6, 6.07) is 0. The highest BCUT2D eigenvalue weighted by Crippen LogP contribution is 2.37. The summed E-state index contributed by atoms with van der Waals surface area (Å²) < 4.78 is 11.1. The van der Waals surface area contributed by atoms with Gasteiger partial charge in [-0.05, 0) is 32.7 Å². The van der Waals surface area contributed by atoms with Gasteiger partial charge in [0.2, 0.25) is 0 Å². The predicted octanol–water partition coefficient (Wildman–Crippen LogP) is 2.66. The number of aromatic nitrogens is 1. The maximum atomic E-state index is 13.2. The molecule has 1 aromatic heterocycles. The third kappa shape index (κ3) is 3.34. The second-order valence-electron chi connectivity index (χ2n) is 7.94. The third-order valence-corrected chi connectivity index (χ3v) is 6.18. The van der Waals surface area contributed by atoms with Gasteiger partial charge in [0.05, 0.1) is 5.54 Å². The van der Waals surface area contributed by atoms with Crippen molar-refractivity contribution in [1.29, 1.82) is 0 Å². The van der Waals surface area contributed by atoms with E-state index in [-0.39, 0.29) is 17.4 Å². The van der Waals surface area contributed by atoms with Crippen molar-refractivity contribution in [2.75, 3.05) is 39.9 Å². The lowest BCUT2D eigenvalue weighted by Gasteiger charge is -2.52. The molecule has 1 aromatic rings. The van der Waals surface area contributed by atoms with E-state index in [4.69, 9.17) is 9.15 Å². The minimum atomic E-state index is -0.0138. The predicted molar refractivity (Wildman–Crippen MR) is 93.6 cm³/mol. The molecule has 0 atom stereocenters. The summed E-state index contributed by atoms with van der Waals surface area (Å²) in [7, 11) is 2.16. The van der Waals surface area contributed by atoms with E-state index < -0.39 is 0 Å². The summed E-state index contributed by atoms with van der Waals surface area (Å²) in [4.78, 5) is 22.3. The lowest BCUT2D eigenvalue weighted by molar-refractivity contribution is -0.00817. The Kier molecular flexibility index (Phi) is 4.82. The smallest absolute Gasteiger partial charge is 0.276 e. The van der Waals surface area contributed by atoms with Gasteiger partial charge < -0.3 is 19.0 Å². The van der Waals surface area contributed by atoms with Crippen LogP contribution >= 0.6 is 0 Å². The molecule has 3 aliphatic rings. The summed E-state index contributed by atoms with van der Waals surface area (Å²) in [5, 5.41) is 0. The molecule has 4 rings (SSSR count). The first-order valence-electron chi connectivity index (χ1n) is 9.72. The first-order valence-corrected chi connectivity index (χ1v) is 9.72. The van der Waals surface area contributed by atoms with E-state index in [0.29, 0.717) is 11.6 Å². The Morgan fingerprint density at radius 3 is 2.72 bits per heavy atom. The molecule has 2 saturated heterocycles. The van der Waals surface area contributed by atoms with Gasteiger partial charge in [-0.15, -0.1) is 0 Å². The van der Waals surface area contributed by atoms with Crippen LogP contribution in [0.3, 0.4) is 0 Å². The van der Waals surface area contributed by atoms with Crippen LogP contribution in [0, 0.1) is 0 Å². The van der Waals surface area contributed by atoms with Crippen molar-refractivity contribution in [2.45, 2.75) is 56.4 Å². The zero-order valence-electron chi connectivity index (χ0n) is 15.2. The van der Waals surface area contributed by atoms with Gasteiger partial charge in [-0.25, -0.2) is 4.98 Å². The average molecular weight is 347 g/mol. The molecule has 1 saturated carbocycles. The average Bonchev–Trinajstić information content (AvgIpc) is 3.13. The van der Waals surface area contributed by atoms with Crippen molar-refractivity contribution in [3.63, 3.8) is 0 Å². The summed E-state index contributed by atoms with van der Waals surface area (Å²) in [5.41, 5.74) is 0.469. The summed E-state index contributed by atoms with van der Waals surface area (Å²) in [5.74, 6) is 1.04. The van der Waals surface area contributed by atoms with E-state index in [9.17, 15) is 4.79 Å². The summed E-state index contributed by atoms with van der Waals surface area (Å²) >= 11 is 0. The van der Waals surface area contributed by atoms with Gasteiger partial charge in [0.25, 0.3) is 5.91 Å². The molecule has 0 unspecified atom stereocenters. The molecule has 3 fully saturated rings. The van der Waals surface area contributed by atoms with Gasteiger partial charge >= 0.3 is 0 Å². The number of piperazine rings is 1. The number of amides is 1. The highest BCUT2D eigenvalue weighted by molar-refractivity contribution is 5.92. The van der Waals surface area contributed by atoms with E-state index in [1.165, 1.54) is 19.3 Å². The van der Waals surface area contributed by atoms with Crippen LogP contribution in [0.1, 0.15) is 67.2 Å². The second-order valence-corrected chi connectivity index (χ2v) is 7.94. The quantitative estimate of drug-likeness (QED) is 0.823. The van der Waals surface area contributed by atoms with Crippen molar-refractivity contribution in [3.05, 3.63) is 17.8 Å². The highest BCUT2D eigenvalue weighted by atomic mass is 16.5. The number of hydrogen-bond donors (Lipinski definition) is 0. The number of rotatable bonds is 2. The fraction of sp³-hybridized carbons (Fsp3) is 0.789. The van der Waals surface area contributed by atoms with E-state index in [1.54, 1.807) is 6.26 Å². The molecule has 0 aromatic carbocycles. The van der Waals surface area contributed by atoms with Crippen LogP contribution in [0.5, 0.6) is 0 Å². The lowest BCUT2D eigenvalue weighted by Crippen LogP contribution is -2.63. The van der Waals surface area contributed by atoms with Crippen LogP contribution in [0.25, 0.3) is 0 Å². The molecule has 6 nitrogen and oxygen atoms in total. The van der Waals surface area contributed by atoms with E-state index in [2.05, 4.69) is 21.8 Å². The fourth-order valence-electron chi connectivity index (χ4n) is 4.79. The number of carbonyl (C=O) groups is 1. The van der Waals surface area contributed by atoms with Crippen molar-refractivity contribution in [3.8, 4) is 0 Å². The van der Waals surface area contributed by atoms with Crippen LogP contribution in [0.15, 0.2) is 10.7 Å². The van der Waals surface area contributed by atoms with E-state index >= 15 is 0 Å². The monoisotopic (exact) mass is 347 g/mol. The van der Waals surface area contributed by atoms with Crippen molar-refractivity contribution in [1.82, 2.24) is 14.8 Å². The molecule has 1 amide bonds. The Morgan fingerprint density at radius 1 is 1.20 bits per heavy atom. The molecule has 1 spiro atoms. The molecule has 0 radical (unpaired) electrons. The molecule has 2 aliphatic heterocycles. The molecule has 1 aliphatic carbocycles. The maximum Gasteiger partial charge on any atom is 0.276 e. The molecule has 3 heterocycles. The van der Waals surface area contributed by atoms with Gasteiger partial charge in [0, 0.05) is 38.8 Å². The minimum absolute atomic E-state index is 0.0138. The van der Waals surface area contributed by atoms with Crippen molar-refractivity contribution >= 4 is 5.91 Å². The van der Waals surface area contributed by atoms with Crippen LogP contribution in [0.2, 0.25) is 0 Å². The number of nitrogens with zero attached hydrogens (tertiary/aromatic N) is 3. The normalized spacial score (nSPS) is 25.4. The SMILES string of the molecule is CN1CCN(C(=O)c2coc(C3CCOCC3)n2)C2(CCCCC2)C1. The molecular weight excluding hydrogens is 318 g/mol. The molecule has 0 N–H and O–H groups in total. The highest BCUT2D eigenvalue weighted by Gasteiger charge is 2.44. The Bertz CT molecular complexity index is 603. The third-order valence-electron chi connectivity index (χ3n) is 6.18. The first kappa shape index (κ1) is 17.0. The van der Waals surface area contributed by atoms with Gasteiger partial charge in [-0.1, -0.05) is 19.3 Å². The van der Waals surface area contributed by atoms with E-state index in [1.807, 2.05) is 0 Å². The fourth-order valence-corrected chi connectivity index (χ4v) is 4.79. The van der Waals surface area contributed by atoms with Gasteiger partial charge in [-0.2, -0.15) is 0 Å². The number of ether oxygens (including phenoxy) is 1. The zero-order chi connectivity index (χ0) is 17.3. The largest absolute Gasteiger partial charge is 0.448 e. The lowest BCUT2D eigenvalue weighted by atomic mass is 9.78.